The Hall–Kier alpha value is -1.27. The Labute approximate surface area is 121 Å². The van der Waals surface area contributed by atoms with Crippen LogP contribution in [0, 0.1) is 0 Å². The summed E-state index contributed by atoms with van der Waals surface area (Å²) >= 11 is 3.22. The van der Waals surface area contributed by atoms with Gasteiger partial charge in [0.25, 0.3) is 0 Å². The van der Waals surface area contributed by atoms with Gasteiger partial charge in [-0.3, -0.25) is 0 Å². The SMILES string of the molecule is CC(C)(C)OC(=O)NCC(N)c1ccc(O)c(Br)c1. The Morgan fingerprint density at radius 3 is 2.68 bits per heavy atom. The van der Waals surface area contributed by atoms with E-state index in [1.54, 1.807) is 39.0 Å². The molecule has 106 valence electrons. The van der Waals surface area contributed by atoms with Gasteiger partial charge in [-0.15, -0.1) is 0 Å². The lowest BCUT2D eigenvalue weighted by Gasteiger charge is -2.21. The summed E-state index contributed by atoms with van der Waals surface area (Å²) < 4.78 is 5.68. The van der Waals surface area contributed by atoms with Gasteiger partial charge in [-0.25, -0.2) is 4.79 Å². The van der Waals surface area contributed by atoms with Crippen molar-refractivity contribution in [3.63, 3.8) is 0 Å². The van der Waals surface area contributed by atoms with Crippen molar-refractivity contribution >= 4 is 22.0 Å². The number of nitrogens with one attached hydrogen (secondary N) is 1. The van der Waals surface area contributed by atoms with Crippen molar-refractivity contribution in [3.8, 4) is 5.75 Å². The summed E-state index contributed by atoms with van der Waals surface area (Å²) in [5, 5.41) is 12.0. The minimum Gasteiger partial charge on any atom is -0.507 e. The number of rotatable bonds is 3. The molecule has 1 unspecified atom stereocenters. The first-order chi connectivity index (χ1) is 8.69. The van der Waals surface area contributed by atoms with Gasteiger partial charge in [0.05, 0.1) is 4.47 Å². The van der Waals surface area contributed by atoms with Crippen LogP contribution in [0.15, 0.2) is 22.7 Å². The number of hydrogen-bond acceptors (Lipinski definition) is 4. The van der Waals surface area contributed by atoms with Crippen LogP contribution < -0.4 is 11.1 Å². The Balaban J connectivity index is 2.53. The third-order valence-corrected chi connectivity index (χ3v) is 2.90. The molecule has 0 aliphatic rings. The summed E-state index contributed by atoms with van der Waals surface area (Å²) in [6.45, 7) is 5.64. The third-order valence-electron chi connectivity index (χ3n) is 2.27. The van der Waals surface area contributed by atoms with E-state index in [4.69, 9.17) is 10.5 Å². The van der Waals surface area contributed by atoms with Crippen molar-refractivity contribution in [1.29, 1.82) is 0 Å². The van der Waals surface area contributed by atoms with E-state index < -0.39 is 11.7 Å². The number of amides is 1. The van der Waals surface area contributed by atoms with E-state index in [1.165, 1.54) is 0 Å². The molecule has 0 aliphatic heterocycles. The summed E-state index contributed by atoms with van der Waals surface area (Å²) in [5.41, 5.74) is 6.23. The topological polar surface area (TPSA) is 84.6 Å². The first kappa shape index (κ1) is 15.8. The van der Waals surface area contributed by atoms with Crippen molar-refractivity contribution in [1.82, 2.24) is 5.32 Å². The van der Waals surface area contributed by atoms with Crippen LogP contribution in [0.1, 0.15) is 32.4 Å². The van der Waals surface area contributed by atoms with Gasteiger partial charge in [-0.1, -0.05) is 6.07 Å². The smallest absolute Gasteiger partial charge is 0.407 e. The number of carbonyl (C=O) groups excluding carboxylic acids is 1. The lowest BCUT2D eigenvalue weighted by Crippen LogP contribution is -2.36. The lowest BCUT2D eigenvalue weighted by molar-refractivity contribution is 0.0524. The van der Waals surface area contributed by atoms with Gasteiger partial charge in [0.2, 0.25) is 0 Å². The zero-order valence-electron chi connectivity index (χ0n) is 11.2. The Morgan fingerprint density at radius 2 is 2.16 bits per heavy atom. The predicted molar refractivity (Wildman–Crippen MR) is 77.0 cm³/mol. The molecule has 0 aromatic heterocycles. The van der Waals surface area contributed by atoms with Gasteiger partial charge in [-0.05, 0) is 54.4 Å². The maximum Gasteiger partial charge on any atom is 0.407 e. The van der Waals surface area contributed by atoms with Crippen LogP contribution in [-0.2, 0) is 4.74 Å². The van der Waals surface area contributed by atoms with Crippen LogP contribution in [0.3, 0.4) is 0 Å². The number of phenols is 1. The second-order valence-electron chi connectivity index (χ2n) is 5.20. The fourth-order valence-electron chi connectivity index (χ4n) is 1.38. The van der Waals surface area contributed by atoms with Crippen molar-refractivity contribution in [2.75, 3.05) is 6.54 Å². The monoisotopic (exact) mass is 330 g/mol. The molecule has 0 aliphatic carbocycles. The molecule has 1 aromatic rings. The van der Waals surface area contributed by atoms with Crippen LogP contribution in [0.5, 0.6) is 5.75 Å². The molecule has 6 heteroatoms. The first-order valence-corrected chi connectivity index (χ1v) is 6.69. The number of phenolic OH excluding ortho intramolecular Hbond substituents is 1. The highest BCUT2D eigenvalue weighted by molar-refractivity contribution is 9.10. The van der Waals surface area contributed by atoms with E-state index in [9.17, 15) is 9.90 Å². The van der Waals surface area contributed by atoms with Gasteiger partial charge in [0, 0.05) is 12.6 Å². The molecule has 1 atom stereocenters. The van der Waals surface area contributed by atoms with Gasteiger partial charge in [-0.2, -0.15) is 0 Å². The molecule has 0 fully saturated rings. The Bertz CT molecular complexity index is 458. The van der Waals surface area contributed by atoms with Crippen molar-refractivity contribution in [2.45, 2.75) is 32.4 Å². The fraction of sp³-hybridized carbons (Fsp3) is 0.462. The average Bonchev–Trinajstić information content (AvgIpc) is 2.27. The van der Waals surface area contributed by atoms with Crippen molar-refractivity contribution < 1.29 is 14.6 Å². The molecule has 1 amide bonds. The number of halogens is 1. The molecule has 0 spiro atoms. The number of ether oxygens (including phenoxy) is 1. The average molecular weight is 331 g/mol. The van der Waals surface area contributed by atoms with Crippen molar-refractivity contribution in [3.05, 3.63) is 28.2 Å². The molecule has 1 aromatic carbocycles. The van der Waals surface area contributed by atoms with Gasteiger partial charge >= 0.3 is 6.09 Å². The molecule has 4 N–H and O–H groups in total. The number of aromatic hydroxyl groups is 1. The summed E-state index contributed by atoms with van der Waals surface area (Å²) in [6, 6.07) is 4.61. The third kappa shape index (κ3) is 5.48. The van der Waals surface area contributed by atoms with E-state index >= 15 is 0 Å². The molecule has 0 radical (unpaired) electrons. The highest BCUT2D eigenvalue weighted by atomic mass is 79.9. The lowest BCUT2D eigenvalue weighted by atomic mass is 10.1. The molecule has 1 rings (SSSR count). The number of nitrogens with two attached hydrogens (primary N) is 1. The van der Waals surface area contributed by atoms with Gasteiger partial charge < -0.3 is 20.9 Å². The van der Waals surface area contributed by atoms with Gasteiger partial charge in [0.1, 0.15) is 11.4 Å². The molecule has 19 heavy (non-hydrogen) atoms. The molecule has 0 saturated heterocycles. The van der Waals surface area contributed by atoms with E-state index in [1.807, 2.05) is 0 Å². The molecule has 0 bridgehead atoms. The van der Waals surface area contributed by atoms with Crippen LogP contribution in [0.2, 0.25) is 0 Å². The molecular weight excluding hydrogens is 312 g/mol. The van der Waals surface area contributed by atoms with E-state index in [-0.39, 0.29) is 18.3 Å². The zero-order chi connectivity index (χ0) is 14.6. The van der Waals surface area contributed by atoms with Crippen molar-refractivity contribution in [2.24, 2.45) is 5.73 Å². The molecular formula is C13H19BrN2O3. The normalized spacial score (nSPS) is 12.9. The molecule has 0 saturated carbocycles. The minimum atomic E-state index is -0.532. The van der Waals surface area contributed by atoms with E-state index in [0.717, 1.165) is 5.56 Å². The summed E-state index contributed by atoms with van der Waals surface area (Å²) in [5.74, 6) is 0.149. The summed E-state index contributed by atoms with van der Waals surface area (Å²) in [7, 11) is 0. The number of carbonyl (C=O) groups is 1. The van der Waals surface area contributed by atoms with E-state index in [2.05, 4.69) is 21.2 Å². The minimum absolute atomic E-state index is 0.149. The van der Waals surface area contributed by atoms with Crippen LogP contribution in [-0.4, -0.2) is 23.3 Å². The summed E-state index contributed by atoms with van der Waals surface area (Å²) in [4.78, 5) is 11.5. The Kier molecular flexibility index (Phi) is 5.20. The maximum absolute atomic E-state index is 11.5. The number of alkyl carbamates (subject to hydrolysis) is 1. The largest absolute Gasteiger partial charge is 0.507 e. The number of benzene rings is 1. The molecule has 5 nitrogen and oxygen atoms in total. The standard InChI is InChI=1S/C13H19BrN2O3/c1-13(2,3)19-12(18)16-7-10(15)8-4-5-11(17)9(14)6-8/h4-6,10,17H,7,15H2,1-3H3,(H,16,18). The molecule has 0 heterocycles. The highest BCUT2D eigenvalue weighted by Crippen LogP contribution is 2.26. The van der Waals surface area contributed by atoms with Crippen LogP contribution >= 0.6 is 15.9 Å². The maximum atomic E-state index is 11.5. The highest BCUT2D eigenvalue weighted by Gasteiger charge is 2.17. The first-order valence-electron chi connectivity index (χ1n) is 5.90. The Morgan fingerprint density at radius 1 is 1.53 bits per heavy atom. The van der Waals surface area contributed by atoms with Crippen LogP contribution in [0.25, 0.3) is 0 Å². The van der Waals surface area contributed by atoms with Crippen LogP contribution in [0.4, 0.5) is 4.79 Å². The number of hydrogen-bond donors (Lipinski definition) is 3. The second kappa shape index (κ2) is 6.25. The second-order valence-corrected chi connectivity index (χ2v) is 6.05. The fourth-order valence-corrected chi connectivity index (χ4v) is 1.78. The van der Waals surface area contributed by atoms with Gasteiger partial charge in [0.15, 0.2) is 0 Å². The zero-order valence-corrected chi connectivity index (χ0v) is 12.8. The van der Waals surface area contributed by atoms with E-state index in [0.29, 0.717) is 4.47 Å². The quantitative estimate of drug-likeness (QED) is 0.795. The summed E-state index contributed by atoms with van der Waals surface area (Å²) in [6.07, 6.45) is -0.499. The predicted octanol–water partition coefficient (Wildman–Crippen LogP) is 2.68.